The number of aryl methyl sites for hydroxylation is 1. The summed E-state index contributed by atoms with van der Waals surface area (Å²) in [6, 6.07) is 10.5. The molecule has 0 radical (unpaired) electrons. The third-order valence-electron chi connectivity index (χ3n) is 2.29. The van der Waals surface area contributed by atoms with Gasteiger partial charge in [-0.25, -0.2) is 9.78 Å². The first-order valence-corrected chi connectivity index (χ1v) is 5.69. The lowest BCUT2D eigenvalue weighted by Crippen LogP contribution is -2.17. The molecule has 1 aromatic heterocycles. The van der Waals surface area contributed by atoms with Gasteiger partial charge in [0, 0.05) is 6.20 Å². The van der Waals surface area contributed by atoms with Gasteiger partial charge in [-0.2, -0.15) is 0 Å². The van der Waals surface area contributed by atoms with Crippen LogP contribution in [0.15, 0.2) is 42.6 Å². The molecule has 0 fully saturated rings. The number of nitrogens with zero attached hydrogens (tertiary/aromatic N) is 1. The first kappa shape index (κ1) is 12.4. The van der Waals surface area contributed by atoms with Crippen LogP contribution in [-0.2, 0) is 0 Å². The summed E-state index contributed by atoms with van der Waals surface area (Å²) in [6.45, 7) is 1.83. The molecular formula is C13H11ClN2O2. The number of carbonyl (C=O) groups is 1. The molecule has 0 atom stereocenters. The number of halogens is 1. The van der Waals surface area contributed by atoms with Gasteiger partial charge in [0.2, 0.25) is 0 Å². The number of amides is 1. The van der Waals surface area contributed by atoms with Gasteiger partial charge in [0.05, 0.1) is 5.69 Å². The number of para-hydroxylation sites is 1. The minimum absolute atomic E-state index is 0.236. The SMILES string of the molecule is Cc1ccnc(Cl)c1NC(=O)Oc1ccccc1. The van der Waals surface area contributed by atoms with Crippen molar-refractivity contribution < 1.29 is 9.53 Å². The summed E-state index contributed by atoms with van der Waals surface area (Å²) in [6.07, 6.45) is 0.977. The number of anilines is 1. The lowest BCUT2D eigenvalue weighted by atomic mass is 10.2. The first-order chi connectivity index (χ1) is 8.66. The summed E-state index contributed by atoms with van der Waals surface area (Å²) < 4.78 is 5.09. The summed E-state index contributed by atoms with van der Waals surface area (Å²) in [5, 5.41) is 2.81. The molecule has 4 nitrogen and oxygen atoms in total. The number of nitrogens with one attached hydrogen (secondary N) is 1. The first-order valence-electron chi connectivity index (χ1n) is 5.32. The fraction of sp³-hybridized carbons (Fsp3) is 0.0769. The largest absolute Gasteiger partial charge is 0.417 e. The molecular weight excluding hydrogens is 252 g/mol. The second kappa shape index (κ2) is 5.51. The Balaban J connectivity index is 2.08. The van der Waals surface area contributed by atoms with E-state index in [1.165, 1.54) is 0 Å². The number of carbonyl (C=O) groups excluding carboxylic acids is 1. The number of aromatic nitrogens is 1. The van der Waals surface area contributed by atoms with E-state index in [9.17, 15) is 4.79 Å². The molecule has 0 aliphatic carbocycles. The maximum atomic E-state index is 11.7. The van der Waals surface area contributed by atoms with E-state index in [0.29, 0.717) is 11.4 Å². The maximum absolute atomic E-state index is 11.7. The number of ether oxygens (including phenoxy) is 1. The van der Waals surface area contributed by atoms with Crippen LogP contribution in [0.5, 0.6) is 5.75 Å². The predicted molar refractivity (Wildman–Crippen MR) is 70.1 cm³/mol. The van der Waals surface area contributed by atoms with Gasteiger partial charge in [-0.1, -0.05) is 29.8 Å². The quantitative estimate of drug-likeness (QED) is 0.841. The molecule has 2 aromatic rings. The third-order valence-corrected chi connectivity index (χ3v) is 2.58. The van der Waals surface area contributed by atoms with Gasteiger partial charge in [-0.3, -0.25) is 5.32 Å². The highest BCUT2D eigenvalue weighted by molar-refractivity contribution is 6.32. The molecule has 0 bridgehead atoms. The molecule has 1 heterocycles. The highest BCUT2D eigenvalue weighted by Gasteiger charge is 2.10. The van der Waals surface area contributed by atoms with E-state index >= 15 is 0 Å². The molecule has 1 amide bonds. The normalized spacial score (nSPS) is 9.89. The zero-order valence-corrected chi connectivity index (χ0v) is 10.4. The molecule has 0 unspecified atom stereocenters. The molecule has 0 saturated heterocycles. The van der Waals surface area contributed by atoms with Gasteiger partial charge in [-0.15, -0.1) is 0 Å². The van der Waals surface area contributed by atoms with E-state index in [2.05, 4.69) is 10.3 Å². The molecule has 5 heteroatoms. The number of rotatable bonds is 2. The van der Waals surface area contributed by atoms with Crippen LogP contribution in [0.1, 0.15) is 5.56 Å². The van der Waals surface area contributed by atoms with Crippen molar-refractivity contribution in [2.45, 2.75) is 6.92 Å². The van der Waals surface area contributed by atoms with Crippen molar-refractivity contribution >= 4 is 23.4 Å². The topological polar surface area (TPSA) is 51.2 Å². The van der Waals surface area contributed by atoms with E-state index < -0.39 is 6.09 Å². The van der Waals surface area contributed by atoms with E-state index in [1.54, 1.807) is 36.5 Å². The van der Waals surface area contributed by atoms with E-state index in [1.807, 2.05) is 13.0 Å². The Morgan fingerprint density at radius 2 is 2.00 bits per heavy atom. The Kier molecular flexibility index (Phi) is 3.79. The van der Waals surface area contributed by atoms with Gasteiger partial charge >= 0.3 is 6.09 Å². The number of pyridine rings is 1. The van der Waals surface area contributed by atoms with Gasteiger partial charge < -0.3 is 4.74 Å². The van der Waals surface area contributed by atoms with Crippen molar-refractivity contribution in [1.29, 1.82) is 0 Å². The Morgan fingerprint density at radius 1 is 1.28 bits per heavy atom. The Bertz CT molecular complexity index is 538. The second-order valence-electron chi connectivity index (χ2n) is 3.62. The van der Waals surface area contributed by atoms with Gasteiger partial charge in [0.25, 0.3) is 0 Å². The lowest BCUT2D eigenvalue weighted by molar-refractivity contribution is 0.215. The molecule has 18 heavy (non-hydrogen) atoms. The fourth-order valence-corrected chi connectivity index (χ4v) is 1.65. The summed E-state index contributed by atoms with van der Waals surface area (Å²) in [5.41, 5.74) is 1.28. The summed E-state index contributed by atoms with van der Waals surface area (Å²) in [5.74, 6) is 0.465. The number of hydrogen-bond acceptors (Lipinski definition) is 3. The molecule has 0 aliphatic heterocycles. The Hall–Kier alpha value is -2.07. The van der Waals surface area contributed by atoms with Crippen LogP contribution in [0.25, 0.3) is 0 Å². The minimum atomic E-state index is -0.598. The molecule has 0 spiro atoms. The maximum Gasteiger partial charge on any atom is 0.417 e. The van der Waals surface area contributed by atoms with Crippen molar-refractivity contribution in [2.75, 3.05) is 5.32 Å². The fourth-order valence-electron chi connectivity index (χ4n) is 1.40. The lowest BCUT2D eigenvalue weighted by Gasteiger charge is -2.09. The van der Waals surface area contributed by atoms with Crippen LogP contribution in [0.2, 0.25) is 5.15 Å². The molecule has 1 aromatic carbocycles. The van der Waals surface area contributed by atoms with Gasteiger partial charge in [0.15, 0.2) is 5.15 Å². The van der Waals surface area contributed by atoms with Crippen LogP contribution in [0.3, 0.4) is 0 Å². The monoisotopic (exact) mass is 262 g/mol. The minimum Gasteiger partial charge on any atom is -0.410 e. The van der Waals surface area contributed by atoms with E-state index in [0.717, 1.165) is 5.56 Å². The summed E-state index contributed by atoms with van der Waals surface area (Å²) in [4.78, 5) is 15.6. The standard InChI is InChI=1S/C13H11ClN2O2/c1-9-7-8-15-12(14)11(9)16-13(17)18-10-5-3-2-4-6-10/h2-8H,1H3,(H,16,17). The van der Waals surface area contributed by atoms with Crippen LogP contribution in [-0.4, -0.2) is 11.1 Å². The zero-order valence-electron chi connectivity index (χ0n) is 9.68. The number of hydrogen-bond donors (Lipinski definition) is 1. The van der Waals surface area contributed by atoms with E-state index in [4.69, 9.17) is 16.3 Å². The summed E-state index contributed by atoms with van der Waals surface area (Å²) in [7, 11) is 0. The van der Waals surface area contributed by atoms with E-state index in [-0.39, 0.29) is 5.15 Å². The number of benzene rings is 1. The molecule has 0 aliphatic rings. The highest BCUT2D eigenvalue weighted by Crippen LogP contribution is 2.23. The van der Waals surface area contributed by atoms with Crippen molar-refractivity contribution in [3.63, 3.8) is 0 Å². The van der Waals surface area contributed by atoms with Crippen molar-refractivity contribution in [2.24, 2.45) is 0 Å². The van der Waals surface area contributed by atoms with Gasteiger partial charge in [0.1, 0.15) is 5.75 Å². The van der Waals surface area contributed by atoms with Crippen LogP contribution >= 0.6 is 11.6 Å². The Labute approximate surface area is 110 Å². The Morgan fingerprint density at radius 3 is 2.67 bits per heavy atom. The van der Waals surface area contributed by atoms with Crippen LogP contribution < -0.4 is 10.1 Å². The van der Waals surface area contributed by atoms with Crippen molar-refractivity contribution in [3.05, 3.63) is 53.3 Å². The van der Waals surface area contributed by atoms with Crippen molar-refractivity contribution in [1.82, 2.24) is 4.98 Å². The second-order valence-corrected chi connectivity index (χ2v) is 3.98. The smallest absolute Gasteiger partial charge is 0.410 e. The van der Waals surface area contributed by atoms with Crippen LogP contribution in [0.4, 0.5) is 10.5 Å². The van der Waals surface area contributed by atoms with Gasteiger partial charge in [-0.05, 0) is 30.7 Å². The zero-order chi connectivity index (χ0) is 13.0. The summed E-state index contributed by atoms with van der Waals surface area (Å²) >= 11 is 5.90. The molecule has 92 valence electrons. The molecule has 1 N–H and O–H groups in total. The average molecular weight is 263 g/mol. The third kappa shape index (κ3) is 2.99. The van der Waals surface area contributed by atoms with Crippen LogP contribution in [0, 0.1) is 6.92 Å². The van der Waals surface area contributed by atoms with Crippen molar-refractivity contribution in [3.8, 4) is 5.75 Å². The predicted octanol–water partition coefficient (Wildman–Crippen LogP) is 3.65. The molecule has 2 rings (SSSR count). The molecule has 0 saturated carbocycles. The average Bonchev–Trinajstić information content (AvgIpc) is 2.35. The highest BCUT2D eigenvalue weighted by atomic mass is 35.5.